The number of unbranched alkanes of at least 4 members (excludes halogenated alkanes) is 11. The molecule has 0 unspecified atom stereocenters. The molecular weight excluding hydrogens is 240 g/mol. The number of allylic oxidation sites excluding steroid dienone is 5. The minimum absolute atomic E-state index is 1.19. The van der Waals surface area contributed by atoms with Crippen LogP contribution in [0.4, 0.5) is 0 Å². The Kier molecular flexibility index (Phi) is 17.5. The van der Waals surface area contributed by atoms with Gasteiger partial charge in [-0.3, -0.25) is 0 Å². The molecule has 0 saturated carbocycles. The van der Waals surface area contributed by atoms with Gasteiger partial charge in [-0.05, 0) is 38.5 Å². The maximum atomic E-state index is 3.67. The van der Waals surface area contributed by atoms with Crippen molar-refractivity contribution in [2.24, 2.45) is 0 Å². The Bertz CT molecular complexity index is 234. The first-order valence-corrected chi connectivity index (χ1v) is 8.84. The van der Waals surface area contributed by atoms with Gasteiger partial charge in [0.2, 0.25) is 0 Å². The fourth-order valence-electron chi connectivity index (χ4n) is 2.35. The first kappa shape index (κ1) is 19.2. The zero-order valence-corrected chi connectivity index (χ0v) is 13.8. The fraction of sp³-hybridized carbons (Fsp3) is 0.700. The Balaban J connectivity index is 3.08. The fourth-order valence-corrected chi connectivity index (χ4v) is 2.35. The maximum absolute atomic E-state index is 3.67. The number of rotatable bonds is 15. The molecule has 0 aliphatic carbocycles. The lowest BCUT2D eigenvalue weighted by Gasteiger charge is -1.99. The Morgan fingerprint density at radius 2 is 1.05 bits per heavy atom. The summed E-state index contributed by atoms with van der Waals surface area (Å²) in [6.07, 6.45) is 28.5. The van der Waals surface area contributed by atoms with Crippen LogP contribution in [0.1, 0.15) is 90.4 Å². The van der Waals surface area contributed by atoms with Gasteiger partial charge in [0.25, 0.3) is 0 Å². The van der Waals surface area contributed by atoms with Gasteiger partial charge in [0.1, 0.15) is 0 Å². The molecule has 0 aromatic rings. The van der Waals surface area contributed by atoms with Crippen LogP contribution in [0.5, 0.6) is 0 Å². The van der Waals surface area contributed by atoms with Crippen LogP contribution in [0, 0.1) is 0 Å². The van der Waals surface area contributed by atoms with E-state index in [0.29, 0.717) is 0 Å². The van der Waals surface area contributed by atoms with Crippen molar-refractivity contribution in [1.29, 1.82) is 0 Å². The average molecular weight is 277 g/mol. The molecule has 0 saturated heterocycles. The number of hydrogen-bond donors (Lipinski definition) is 0. The topological polar surface area (TPSA) is 0 Å². The van der Waals surface area contributed by atoms with Gasteiger partial charge < -0.3 is 0 Å². The molecule has 0 nitrogen and oxygen atoms in total. The summed E-state index contributed by atoms with van der Waals surface area (Å²) in [5.74, 6) is 0. The minimum Gasteiger partial charge on any atom is -0.0991 e. The van der Waals surface area contributed by atoms with Crippen molar-refractivity contribution in [3.8, 4) is 0 Å². The van der Waals surface area contributed by atoms with Gasteiger partial charge in [-0.25, -0.2) is 0 Å². The lowest BCUT2D eigenvalue weighted by Crippen LogP contribution is -1.80. The molecule has 20 heavy (non-hydrogen) atoms. The van der Waals surface area contributed by atoms with Gasteiger partial charge in [-0.1, -0.05) is 88.8 Å². The zero-order valence-electron chi connectivity index (χ0n) is 13.8. The third-order valence-electron chi connectivity index (χ3n) is 3.65. The van der Waals surface area contributed by atoms with E-state index in [1.165, 1.54) is 83.5 Å². The van der Waals surface area contributed by atoms with E-state index in [4.69, 9.17) is 0 Å². The molecule has 0 atom stereocenters. The predicted octanol–water partition coefficient (Wildman–Crippen LogP) is 7.38. The van der Waals surface area contributed by atoms with Crippen molar-refractivity contribution >= 4 is 0 Å². The highest BCUT2D eigenvalue weighted by atomic mass is 14.0. The highest BCUT2D eigenvalue weighted by molar-refractivity contribution is 4.96. The molecule has 0 N–H and O–H groups in total. The molecule has 0 aromatic carbocycles. The van der Waals surface area contributed by atoms with Gasteiger partial charge >= 0.3 is 0 Å². The van der Waals surface area contributed by atoms with E-state index in [1.807, 2.05) is 12.2 Å². The maximum Gasteiger partial charge on any atom is -0.0348 e. The molecule has 116 valence electrons. The van der Waals surface area contributed by atoms with Gasteiger partial charge in [0.15, 0.2) is 0 Å². The van der Waals surface area contributed by atoms with E-state index in [0.717, 1.165) is 0 Å². The monoisotopic (exact) mass is 276 g/mol. The third-order valence-corrected chi connectivity index (χ3v) is 3.65. The zero-order chi connectivity index (χ0) is 14.7. The standard InChI is InChI=1S/C20H36/c1-3-5-7-9-11-13-15-17-19-20-18-16-14-12-10-8-6-4-2/h3,5,7,17,19H,1,4,6,8-16,18,20H2,2H3. The van der Waals surface area contributed by atoms with Crippen molar-refractivity contribution in [3.05, 3.63) is 37.0 Å². The van der Waals surface area contributed by atoms with E-state index in [1.54, 1.807) is 0 Å². The summed E-state index contributed by atoms with van der Waals surface area (Å²) in [4.78, 5) is 0. The molecular formula is C20H36. The largest absolute Gasteiger partial charge is 0.0991 e. The summed E-state index contributed by atoms with van der Waals surface area (Å²) in [6.45, 7) is 5.95. The second-order valence-electron chi connectivity index (χ2n) is 5.68. The van der Waals surface area contributed by atoms with Crippen LogP contribution in [0.15, 0.2) is 37.0 Å². The normalized spacial score (nSPS) is 11.7. The summed E-state index contributed by atoms with van der Waals surface area (Å²) >= 11 is 0. The molecule has 0 aliphatic heterocycles. The quantitative estimate of drug-likeness (QED) is 0.166. The molecule has 0 fully saturated rings. The average Bonchev–Trinajstić information content (AvgIpc) is 2.47. The first-order valence-electron chi connectivity index (χ1n) is 8.84. The second kappa shape index (κ2) is 18.2. The van der Waals surface area contributed by atoms with Crippen molar-refractivity contribution < 1.29 is 0 Å². The van der Waals surface area contributed by atoms with E-state index in [2.05, 4.69) is 31.7 Å². The van der Waals surface area contributed by atoms with Gasteiger partial charge in [-0.2, -0.15) is 0 Å². The Morgan fingerprint density at radius 1 is 0.600 bits per heavy atom. The Morgan fingerprint density at radius 3 is 1.60 bits per heavy atom. The molecule has 0 radical (unpaired) electrons. The first-order chi connectivity index (χ1) is 9.91. The van der Waals surface area contributed by atoms with Crippen LogP contribution in [-0.2, 0) is 0 Å². The van der Waals surface area contributed by atoms with Crippen molar-refractivity contribution in [1.82, 2.24) is 0 Å². The van der Waals surface area contributed by atoms with Crippen molar-refractivity contribution in [2.45, 2.75) is 90.4 Å². The summed E-state index contributed by atoms with van der Waals surface area (Å²) in [7, 11) is 0. The van der Waals surface area contributed by atoms with E-state index < -0.39 is 0 Å². The van der Waals surface area contributed by atoms with E-state index in [9.17, 15) is 0 Å². The molecule has 0 bridgehead atoms. The Labute approximate surface area is 128 Å². The SMILES string of the molecule is C=CC=CCCCCC=CCCCCCCCCCC. The highest BCUT2D eigenvalue weighted by Gasteiger charge is 1.90. The van der Waals surface area contributed by atoms with E-state index in [-0.39, 0.29) is 0 Å². The molecule has 0 aliphatic rings. The molecule has 0 amide bonds. The van der Waals surface area contributed by atoms with Crippen LogP contribution >= 0.6 is 0 Å². The van der Waals surface area contributed by atoms with Gasteiger partial charge in [0, 0.05) is 0 Å². The van der Waals surface area contributed by atoms with Gasteiger partial charge in [-0.15, -0.1) is 0 Å². The number of hydrogen-bond acceptors (Lipinski definition) is 0. The van der Waals surface area contributed by atoms with Crippen LogP contribution in [0.3, 0.4) is 0 Å². The van der Waals surface area contributed by atoms with E-state index >= 15 is 0 Å². The molecule has 0 aromatic heterocycles. The second-order valence-corrected chi connectivity index (χ2v) is 5.68. The van der Waals surface area contributed by atoms with Crippen molar-refractivity contribution in [2.75, 3.05) is 0 Å². The molecule has 0 rings (SSSR count). The molecule has 0 heteroatoms. The van der Waals surface area contributed by atoms with Crippen LogP contribution in [-0.4, -0.2) is 0 Å². The summed E-state index contributed by atoms with van der Waals surface area (Å²) < 4.78 is 0. The summed E-state index contributed by atoms with van der Waals surface area (Å²) in [5.41, 5.74) is 0. The summed E-state index contributed by atoms with van der Waals surface area (Å²) in [5, 5.41) is 0. The third kappa shape index (κ3) is 17.2. The van der Waals surface area contributed by atoms with Crippen molar-refractivity contribution in [3.63, 3.8) is 0 Å². The smallest absolute Gasteiger partial charge is 0.0348 e. The van der Waals surface area contributed by atoms with Crippen LogP contribution < -0.4 is 0 Å². The van der Waals surface area contributed by atoms with Crippen LogP contribution in [0.2, 0.25) is 0 Å². The molecule has 0 spiro atoms. The predicted molar refractivity (Wildman–Crippen MR) is 94.2 cm³/mol. The van der Waals surface area contributed by atoms with Gasteiger partial charge in [0.05, 0.1) is 0 Å². The highest BCUT2D eigenvalue weighted by Crippen LogP contribution is 2.10. The van der Waals surface area contributed by atoms with Crippen LogP contribution in [0.25, 0.3) is 0 Å². The lowest BCUT2D eigenvalue weighted by molar-refractivity contribution is 0.577. The summed E-state index contributed by atoms with van der Waals surface area (Å²) in [6, 6.07) is 0. The Hall–Kier alpha value is -0.780. The molecule has 0 heterocycles. The minimum atomic E-state index is 1.19. The lowest BCUT2D eigenvalue weighted by atomic mass is 10.1.